The molecule has 1 aromatic carbocycles. The predicted molar refractivity (Wildman–Crippen MR) is 165 cm³/mol. The summed E-state index contributed by atoms with van der Waals surface area (Å²) in [6, 6.07) is 5.59. The lowest BCUT2D eigenvalue weighted by Gasteiger charge is -2.22. The third kappa shape index (κ3) is 7.76. The van der Waals surface area contributed by atoms with Crippen molar-refractivity contribution in [2.75, 3.05) is 13.2 Å². The number of aryl methyl sites for hydroxylation is 1. The molecule has 4 rings (SSSR count). The van der Waals surface area contributed by atoms with E-state index in [0.717, 1.165) is 23.8 Å². The summed E-state index contributed by atoms with van der Waals surface area (Å²) in [5, 5.41) is 0.0900. The van der Waals surface area contributed by atoms with E-state index >= 15 is 0 Å². The van der Waals surface area contributed by atoms with E-state index in [-0.39, 0.29) is 65.7 Å². The van der Waals surface area contributed by atoms with Crippen LogP contribution in [0.15, 0.2) is 63.2 Å². The number of halogens is 4. The zero-order valence-corrected chi connectivity index (χ0v) is 26.0. The fraction of sp³-hybridized carbons (Fsp3) is 0.433. The highest BCUT2D eigenvalue weighted by molar-refractivity contribution is 7.18. The number of imidazole rings is 1. The van der Waals surface area contributed by atoms with Crippen molar-refractivity contribution in [3.63, 3.8) is 0 Å². The lowest BCUT2D eigenvalue weighted by molar-refractivity contribution is -0.163. The second kappa shape index (κ2) is 14.2. The highest BCUT2D eigenvalue weighted by atomic mass is 35.5. The summed E-state index contributed by atoms with van der Waals surface area (Å²) < 4.78 is 58.4. The quantitative estimate of drug-likeness (QED) is 0.137. The molecule has 0 spiro atoms. The summed E-state index contributed by atoms with van der Waals surface area (Å²) in [5.74, 6) is -0.438. The van der Waals surface area contributed by atoms with E-state index in [4.69, 9.17) is 21.1 Å². The fourth-order valence-corrected chi connectivity index (χ4v) is 5.12. The molecular formula is C30H35ClF3N4O4P. The van der Waals surface area contributed by atoms with Gasteiger partial charge >= 0.3 is 5.69 Å². The topological polar surface area (TPSA) is 80.3 Å². The summed E-state index contributed by atoms with van der Waals surface area (Å²) in [6.45, 7) is 7.70. The number of benzene rings is 1. The van der Waals surface area contributed by atoms with Gasteiger partial charge in [-0.2, -0.15) is 8.78 Å². The molecule has 0 aliphatic carbocycles. The first-order valence-electron chi connectivity index (χ1n) is 14.0. The molecule has 2 unspecified atom stereocenters. The third-order valence-electron chi connectivity index (χ3n) is 7.23. The van der Waals surface area contributed by atoms with Crippen LogP contribution < -0.4 is 11.2 Å². The second-order valence-corrected chi connectivity index (χ2v) is 11.5. The van der Waals surface area contributed by atoms with E-state index in [1.165, 1.54) is 61.7 Å². The standard InChI is InChI=1S/C30H35ClF3N4O4P/c1-4-36-27-25(28(39)37(29(36)40)15-7-17-42-24-8-5-6-16-41-24)38(18-21-10-12-22(32)13-11-21)26(35-27)23(14-9-19(2)31)20(3)30(33,34)43/h9-14,24H,2,4-8,15-18,43H2,1,3H3/b14-9-,23-20-. The van der Waals surface area contributed by atoms with Gasteiger partial charge in [0.2, 0.25) is 0 Å². The van der Waals surface area contributed by atoms with Gasteiger partial charge in [0.25, 0.3) is 11.2 Å². The van der Waals surface area contributed by atoms with E-state index in [1.807, 2.05) is 0 Å². The number of rotatable bonds is 12. The Morgan fingerprint density at radius 2 is 1.93 bits per heavy atom. The first-order chi connectivity index (χ1) is 20.4. The zero-order chi connectivity index (χ0) is 31.3. The van der Waals surface area contributed by atoms with Crippen molar-refractivity contribution in [2.24, 2.45) is 0 Å². The average Bonchev–Trinajstić information content (AvgIpc) is 3.32. The number of allylic oxidation sites excluding steroid dienone is 5. The van der Waals surface area contributed by atoms with Gasteiger partial charge in [-0.3, -0.25) is 13.9 Å². The molecule has 8 nitrogen and oxygen atoms in total. The Labute approximate surface area is 254 Å². The summed E-state index contributed by atoms with van der Waals surface area (Å²) >= 11 is 5.94. The molecule has 1 aliphatic rings. The largest absolute Gasteiger partial charge is 0.353 e. The van der Waals surface area contributed by atoms with Crippen molar-refractivity contribution < 1.29 is 22.6 Å². The Hall–Kier alpha value is -2.98. The molecular weight excluding hydrogens is 604 g/mol. The highest BCUT2D eigenvalue weighted by Gasteiger charge is 2.30. The fourth-order valence-electron chi connectivity index (χ4n) is 4.91. The molecule has 2 atom stereocenters. The lowest BCUT2D eigenvalue weighted by Crippen LogP contribution is -2.40. The molecule has 3 aromatic rings. The molecule has 1 saturated heterocycles. The zero-order valence-electron chi connectivity index (χ0n) is 24.1. The van der Waals surface area contributed by atoms with Gasteiger partial charge in [-0.15, -0.1) is 0 Å². The number of aromatic nitrogens is 4. The minimum atomic E-state index is -3.33. The highest BCUT2D eigenvalue weighted by Crippen LogP contribution is 2.37. The van der Waals surface area contributed by atoms with E-state index in [0.29, 0.717) is 18.6 Å². The van der Waals surface area contributed by atoms with Crippen LogP contribution in [0.5, 0.6) is 0 Å². The summed E-state index contributed by atoms with van der Waals surface area (Å²) in [5.41, 5.74) is -4.23. The van der Waals surface area contributed by atoms with Gasteiger partial charge in [-0.1, -0.05) is 39.6 Å². The van der Waals surface area contributed by atoms with Crippen molar-refractivity contribution in [3.05, 3.63) is 91.6 Å². The Morgan fingerprint density at radius 1 is 1.21 bits per heavy atom. The van der Waals surface area contributed by atoms with Crippen LogP contribution in [-0.2, 0) is 29.1 Å². The minimum Gasteiger partial charge on any atom is -0.353 e. The molecule has 0 N–H and O–H groups in total. The number of hydrogen-bond acceptors (Lipinski definition) is 5. The van der Waals surface area contributed by atoms with Crippen LogP contribution in [0.2, 0.25) is 0 Å². The van der Waals surface area contributed by atoms with Crippen LogP contribution in [-0.4, -0.2) is 43.9 Å². The third-order valence-corrected chi connectivity index (χ3v) is 7.79. The molecule has 43 heavy (non-hydrogen) atoms. The van der Waals surface area contributed by atoms with E-state index in [2.05, 4.69) is 11.6 Å². The molecule has 1 aliphatic heterocycles. The summed E-state index contributed by atoms with van der Waals surface area (Å²) in [7, 11) is 1.50. The monoisotopic (exact) mass is 638 g/mol. The van der Waals surface area contributed by atoms with E-state index in [9.17, 15) is 22.8 Å². The van der Waals surface area contributed by atoms with Gasteiger partial charge in [0.1, 0.15) is 11.6 Å². The minimum absolute atomic E-state index is 0.0120. The maximum absolute atomic E-state index is 14.7. The number of ether oxygens (including phenoxy) is 2. The number of alkyl halides is 2. The van der Waals surface area contributed by atoms with E-state index in [1.54, 1.807) is 6.92 Å². The van der Waals surface area contributed by atoms with Gasteiger partial charge in [0, 0.05) is 42.4 Å². The molecule has 13 heteroatoms. The van der Waals surface area contributed by atoms with Gasteiger partial charge < -0.3 is 14.0 Å². The maximum Gasteiger partial charge on any atom is 0.332 e. The Bertz CT molecular complexity index is 1650. The Balaban J connectivity index is 1.90. The predicted octanol–water partition coefficient (Wildman–Crippen LogP) is 6.05. The molecule has 0 radical (unpaired) electrons. The normalized spacial score (nSPS) is 16.7. The molecule has 3 heterocycles. The van der Waals surface area contributed by atoms with Crippen LogP contribution in [0, 0.1) is 5.82 Å². The van der Waals surface area contributed by atoms with Crippen LogP contribution in [0.1, 0.15) is 50.9 Å². The smallest absolute Gasteiger partial charge is 0.332 e. The van der Waals surface area contributed by atoms with Crippen molar-refractivity contribution >= 4 is 37.6 Å². The first-order valence-corrected chi connectivity index (χ1v) is 15.0. The van der Waals surface area contributed by atoms with Gasteiger partial charge in [0.05, 0.1) is 6.61 Å². The van der Waals surface area contributed by atoms with Gasteiger partial charge in [0.15, 0.2) is 17.5 Å². The van der Waals surface area contributed by atoms with Crippen molar-refractivity contribution in [1.82, 2.24) is 18.7 Å². The molecule has 232 valence electrons. The average molecular weight is 639 g/mol. The van der Waals surface area contributed by atoms with E-state index < -0.39 is 22.7 Å². The number of fused-ring (bicyclic) bond motifs is 1. The summed E-state index contributed by atoms with van der Waals surface area (Å²) in [6.07, 6.45) is 5.54. The van der Waals surface area contributed by atoms with Crippen molar-refractivity contribution in [1.29, 1.82) is 0 Å². The van der Waals surface area contributed by atoms with Crippen molar-refractivity contribution in [3.8, 4) is 0 Å². The lowest BCUT2D eigenvalue weighted by atomic mass is 10.1. The molecule has 0 amide bonds. The Kier molecular flexibility index (Phi) is 10.9. The van der Waals surface area contributed by atoms with Crippen molar-refractivity contribution in [2.45, 2.75) is 71.1 Å². The van der Waals surface area contributed by atoms with Crippen LogP contribution in [0.3, 0.4) is 0 Å². The molecule has 2 aromatic heterocycles. The molecule has 0 bridgehead atoms. The number of nitrogens with zero attached hydrogens (tertiary/aromatic N) is 4. The van der Waals surface area contributed by atoms with Crippen LogP contribution >= 0.6 is 20.8 Å². The van der Waals surface area contributed by atoms with Crippen LogP contribution in [0.25, 0.3) is 16.7 Å². The maximum atomic E-state index is 14.7. The first kappa shape index (κ1) is 32.9. The van der Waals surface area contributed by atoms with Gasteiger partial charge in [-0.25, -0.2) is 14.2 Å². The molecule has 1 fully saturated rings. The Morgan fingerprint density at radius 3 is 2.53 bits per heavy atom. The number of hydrogen-bond donors (Lipinski definition) is 0. The molecule has 0 saturated carbocycles. The second-order valence-electron chi connectivity index (χ2n) is 10.3. The SMILES string of the molecule is C=C(Cl)/C=C\C(=C(/C)C(F)(F)P)c1nc2c(c(=O)n(CCCOC3CCCCO3)c(=O)n2CC)n1Cc1ccc(F)cc1. The van der Waals surface area contributed by atoms with Crippen LogP contribution in [0.4, 0.5) is 13.2 Å². The summed E-state index contributed by atoms with van der Waals surface area (Å²) in [4.78, 5) is 32.1. The van der Waals surface area contributed by atoms with Gasteiger partial charge in [-0.05, 0) is 69.4 Å².